The van der Waals surface area contributed by atoms with E-state index < -0.39 is 0 Å². The third-order valence-corrected chi connectivity index (χ3v) is 3.84. The SMILES string of the molecule is CCCNc1cc(NCc2cnc(C)s2)nc(C(C)C)n1. The minimum atomic E-state index is 0.305. The van der Waals surface area contributed by atoms with Gasteiger partial charge < -0.3 is 10.6 Å². The van der Waals surface area contributed by atoms with E-state index in [1.54, 1.807) is 11.3 Å². The first-order valence-corrected chi connectivity index (χ1v) is 8.18. The average molecular weight is 305 g/mol. The van der Waals surface area contributed by atoms with Crippen molar-refractivity contribution >= 4 is 23.0 Å². The minimum Gasteiger partial charge on any atom is -0.370 e. The highest BCUT2D eigenvalue weighted by Gasteiger charge is 2.08. The van der Waals surface area contributed by atoms with Crippen molar-refractivity contribution in [2.24, 2.45) is 0 Å². The number of aryl methyl sites for hydroxylation is 1. The molecule has 0 atom stereocenters. The van der Waals surface area contributed by atoms with Crippen molar-refractivity contribution in [3.05, 3.63) is 28.0 Å². The summed E-state index contributed by atoms with van der Waals surface area (Å²) in [6.07, 6.45) is 2.98. The molecule has 114 valence electrons. The summed E-state index contributed by atoms with van der Waals surface area (Å²) in [6, 6.07) is 1.97. The van der Waals surface area contributed by atoms with Gasteiger partial charge in [0.05, 0.1) is 11.6 Å². The fourth-order valence-electron chi connectivity index (χ4n) is 1.82. The fourth-order valence-corrected chi connectivity index (χ4v) is 2.56. The molecule has 2 aromatic rings. The smallest absolute Gasteiger partial charge is 0.135 e. The van der Waals surface area contributed by atoms with Gasteiger partial charge in [0.25, 0.3) is 0 Å². The molecule has 0 aliphatic carbocycles. The topological polar surface area (TPSA) is 62.7 Å². The highest BCUT2D eigenvalue weighted by atomic mass is 32.1. The predicted molar refractivity (Wildman–Crippen MR) is 89.1 cm³/mol. The summed E-state index contributed by atoms with van der Waals surface area (Å²) in [5.74, 6) is 2.91. The van der Waals surface area contributed by atoms with Crippen LogP contribution in [0.25, 0.3) is 0 Å². The van der Waals surface area contributed by atoms with Gasteiger partial charge in [-0.2, -0.15) is 0 Å². The van der Waals surface area contributed by atoms with Crippen LogP contribution in [0.15, 0.2) is 12.3 Å². The summed E-state index contributed by atoms with van der Waals surface area (Å²) in [7, 11) is 0. The van der Waals surface area contributed by atoms with Crippen LogP contribution in [0.2, 0.25) is 0 Å². The number of thiazole rings is 1. The Labute approximate surface area is 130 Å². The van der Waals surface area contributed by atoms with Crippen molar-refractivity contribution in [1.82, 2.24) is 15.0 Å². The highest BCUT2D eigenvalue weighted by molar-refractivity contribution is 7.11. The quantitative estimate of drug-likeness (QED) is 0.814. The van der Waals surface area contributed by atoms with E-state index in [-0.39, 0.29) is 0 Å². The van der Waals surface area contributed by atoms with Crippen LogP contribution in [0.3, 0.4) is 0 Å². The van der Waals surface area contributed by atoms with E-state index >= 15 is 0 Å². The molecule has 0 saturated carbocycles. The first-order valence-electron chi connectivity index (χ1n) is 7.36. The Morgan fingerprint density at radius 3 is 2.48 bits per heavy atom. The van der Waals surface area contributed by atoms with E-state index in [1.165, 1.54) is 4.88 Å². The molecule has 0 unspecified atom stereocenters. The summed E-state index contributed by atoms with van der Waals surface area (Å²) < 4.78 is 0. The molecular weight excluding hydrogens is 282 g/mol. The monoisotopic (exact) mass is 305 g/mol. The molecule has 5 nitrogen and oxygen atoms in total. The largest absolute Gasteiger partial charge is 0.370 e. The van der Waals surface area contributed by atoms with Crippen molar-refractivity contribution in [3.63, 3.8) is 0 Å². The van der Waals surface area contributed by atoms with Gasteiger partial charge in [0, 0.05) is 29.6 Å². The lowest BCUT2D eigenvalue weighted by atomic mass is 10.2. The van der Waals surface area contributed by atoms with Crippen LogP contribution >= 0.6 is 11.3 Å². The van der Waals surface area contributed by atoms with E-state index in [0.717, 1.165) is 42.0 Å². The molecule has 0 aromatic carbocycles. The number of hydrogen-bond acceptors (Lipinski definition) is 6. The first-order chi connectivity index (χ1) is 10.1. The van der Waals surface area contributed by atoms with Crippen molar-refractivity contribution in [2.45, 2.75) is 46.6 Å². The molecule has 2 aromatic heterocycles. The second-order valence-corrected chi connectivity index (χ2v) is 6.60. The zero-order valence-electron chi connectivity index (χ0n) is 13.1. The van der Waals surface area contributed by atoms with Crippen LogP contribution in [0.4, 0.5) is 11.6 Å². The molecule has 0 aliphatic heterocycles. The van der Waals surface area contributed by atoms with Gasteiger partial charge in [0.15, 0.2) is 0 Å². The molecule has 0 bridgehead atoms. The van der Waals surface area contributed by atoms with Gasteiger partial charge in [-0.05, 0) is 13.3 Å². The van der Waals surface area contributed by atoms with Gasteiger partial charge in [-0.15, -0.1) is 11.3 Å². The van der Waals surface area contributed by atoms with Crippen LogP contribution < -0.4 is 10.6 Å². The summed E-state index contributed by atoms with van der Waals surface area (Å²) in [5, 5.41) is 7.78. The highest BCUT2D eigenvalue weighted by Crippen LogP contribution is 2.19. The molecule has 6 heteroatoms. The maximum Gasteiger partial charge on any atom is 0.135 e. The standard InChI is InChI=1S/C15H23N5S/c1-5-6-16-13-7-14(20-15(19-13)10(2)3)18-9-12-8-17-11(4)21-12/h7-8,10H,5-6,9H2,1-4H3,(H2,16,18,19,20). The number of rotatable bonds is 7. The molecule has 2 rings (SSSR count). The molecule has 0 saturated heterocycles. The second kappa shape index (κ2) is 7.36. The number of hydrogen-bond donors (Lipinski definition) is 2. The molecule has 0 spiro atoms. The van der Waals surface area contributed by atoms with E-state index in [2.05, 4.69) is 46.4 Å². The third kappa shape index (κ3) is 4.67. The zero-order valence-corrected chi connectivity index (χ0v) is 13.9. The molecular formula is C15H23N5S. The first kappa shape index (κ1) is 15.7. The normalized spacial score (nSPS) is 10.9. The number of aromatic nitrogens is 3. The molecule has 0 fully saturated rings. The lowest BCUT2D eigenvalue weighted by Gasteiger charge is -2.12. The lowest BCUT2D eigenvalue weighted by molar-refractivity contribution is 0.774. The van der Waals surface area contributed by atoms with E-state index in [9.17, 15) is 0 Å². The Morgan fingerprint density at radius 1 is 1.19 bits per heavy atom. The summed E-state index contributed by atoms with van der Waals surface area (Å²) in [6.45, 7) is 10.0. The van der Waals surface area contributed by atoms with Crippen molar-refractivity contribution < 1.29 is 0 Å². The van der Waals surface area contributed by atoms with Crippen molar-refractivity contribution in [3.8, 4) is 0 Å². The van der Waals surface area contributed by atoms with Gasteiger partial charge in [0.1, 0.15) is 17.5 Å². The summed E-state index contributed by atoms with van der Waals surface area (Å²) in [5.41, 5.74) is 0. The average Bonchev–Trinajstić information content (AvgIpc) is 2.88. The molecule has 2 N–H and O–H groups in total. The van der Waals surface area contributed by atoms with Crippen LogP contribution in [-0.2, 0) is 6.54 Å². The van der Waals surface area contributed by atoms with E-state index in [1.807, 2.05) is 19.2 Å². The van der Waals surface area contributed by atoms with Crippen LogP contribution in [-0.4, -0.2) is 21.5 Å². The van der Waals surface area contributed by atoms with Gasteiger partial charge in [-0.25, -0.2) is 15.0 Å². The Hall–Kier alpha value is -1.69. The van der Waals surface area contributed by atoms with E-state index in [0.29, 0.717) is 5.92 Å². The van der Waals surface area contributed by atoms with Gasteiger partial charge in [-0.3, -0.25) is 0 Å². The second-order valence-electron chi connectivity index (χ2n) is 5.28. The Balaban J connectivity index is 2.11. The van der Waals surface area contributed by atoms with Crippen LogP contribution in [0, 0.1) is 6.92 Å². The number of nitrogens with one attached hydrogen (secondary N) is 2. The summed E-state index contributed by atoms with van der Waals surface area (Å²) in [4.78, 5) is 14.6. The molecule has 21 heavy (non-hydrogen) atoms. The van der Waals surface area contributed by atoms with Crippen LogP contribution in [0.5, 0.6) is 0 Å². The van der Waals surface area contributed by atoms with Gasteiger partial charge in [-0.1, -0.05) is 20.8 Å². The van der Waals surface area contributed by atoms with Crippen LogP contribution in [0.1, 0.15) is 48.8 Å². The maximum atomic E-state index is 4.58. The molecule has 0 radical (unpaired) electrons. The number of anilines is 2. The van der Waals surface area contributed by atoms with Crippen molar-refractivity contribution in [1.29, 1.82) is 0 Å². The summed E-state index contributed by atoms with van der Waals surface area (Å²) >= 11 is 1.70. The Kier molecular flexibility index (Phi) is 5.50. The van der Waals surface area contributed by atoms with Crippen molar-refractivity contribution in [2.75, 3.05) is 17.2 Å². The Bertz CT molecular complexity index is 579. The maximum absolute atomic E-state index is 4.58. The fraction of sp³-hybridized carbons (Fsp3) is 0.533. The van der Waals surface area contributed by atoms with Gasteiger partial charge in [0.2, 0.25) is 0 Å². The molecule has 0 amide bonds. The predicted octanol–water partition coefficient (Wildman–Crippen LogP) is 3.80. The Morgan fingerprint density at radius 2 is 1.90 bits per heavy atom. The third-order valence-electron chi connectivity index (χ3n) is 2.93. The molecule has 2 heterocycles. The number of nitrogens with zero attached hydrogens (tertiary/aromatic N) is 3. The zero-order chi connectivity index (χ0) is 15.2. The molecule has 0 aliphatic rings. The van der Waals surface area contributed by atoms with E-state index in [4.69, 9.17) is 0 Å². The minimum absolute atomic E-state index is 0.305. The lowest BCUT2D eigenvalue weighted by Crippen LogP contribution is -2.09. The van der Waals surface area contributed by atoms with Gasteiger partial charge >= 0.3 is 0 Å².